The average Bonchev–Trinajstić information content (AvgIpc) is 2.82. The molecule has 0 aromatic heterocycles. The fraction of sp³-hybridized carbons (Fsp3) is 0.222. The molecule has 0 amide bonds. The Hall–Kier alpha value is -4.07. The molecule has 148 valence electrons. The number of hydrogen-bond acceptors (Lipinski definition) is 4. The lowest BCUT2D eigenvalue weighted by Crippen LogP contribution is -2.42. The lowest BCUT2D eigenvalue weighted by Gasteiger charge is -2.44. The summed E-state index contributed by atoms with van der Waals surface area (Å²) in [5, 5.41) is 34.8. The zero-order valence-electron chi connectivity index (χ0n) is 17.0. The van der Waals surface area contributed by atoms with E-state index < -0.39 is 11.3 Å². The highest BCUT2D eigenvalue weighted by Gasteiger charge is 2.54. The van der Waals surface area contributed by atoms with Crippen molar-refractivity contribution in [3.05, 3.63) is 83.1 Å². The Morgan fingerprint density at radius 2 is 1.52 bits per heavy atom. The fourth-order valence-electron chi connectivity index (χ4n) is 5.57. The van der Waals surface area contributed by atoms with Crippen molar-refractivity contribution < 1.29 is 0 Å². The number of nitriles is 3. The normalized spacial score (nSPS) is 22.2. The monoisotopic (exact) mass is 400 g/mol. The first kappa shape index (κ1) is 18.9. The molecule has 0 saturated carbocycles. The van der Waals surface area contributed by atoms with Crippen molar-refractivity contribution in [3.8, 4) is 18.2 Å². The summed E-state index contributed by atoms with van der Waals surface area (Å²) >= 11 is 0. The van der Waals surface area contributed by atoms with Gasteiger partial charge in [-0.25, -0.2) is 0 Å². The van der Waals surface area contributed by atoms with E-state index in [0.717, 1.165) is 51.9 Å². The maximum Gasteiger partial charge on any atom is 0.191 e. The molecule has 2 atom stereocenters. The molecule has 4 nitrogen and oxygen atoms in total. The predicted octanol–water partition coefficient (Wildman–Crippen LogP) is 5.59. The van der Waals surface area contributed by atoms with E-state index in [1.54, 1.807) is 0 Å². The van der Waals surface area contributed by atoms with Crippen LogP contribution in [0.4, 0.5) is 0 Å². The molecule has 4 heteroatoms. The maximum absolute atomic E-state index is 10.4. The van der Waals surface area contributed by atoms with E-state index in [-0.39, 0.29) is 11.6 Å². The summed E-state index contributed by atoms with van der Waals surface area (Å²) in [6, 6.07) is 25.1. The minimum absolute atomic E-state index is 0.0893. The van der Waals surface area contributed by atoms with Crippen LogP contribution in [0, 0.1) is 45.3 Å². The van der Waals surface area contributed by atoms with E-state index >= 15 is 0 Å². The number of fused-ring (bicyclic) bond motifs is 3. The molecule has 0 heterocycles. The van der Waals surface area contributed by atoms with Crippen LogP contribution in [0.25, 0.3) is 21.5 Å². The molecule has 0 fully saturated rings. The minimum Gasteiger partial charge on any atom is -0.399 e. The molecule has 0 saturated heterocycles. The molecule has 2 aliphatic rings. The Morgan fingerprint density at radius 3 is 2.10 bits per heavy atom. The van der Waals surface area contributed by atoms with Crippen LogP contribution in [0.2, 0.25) is 0 Å². The van der Waals surface area contributed by atoms with E-state index in [4.69, 9.17) is 5.73 Å². The SMILES string of the molecule is N#CC1=C(N)C(C#N)(C#N)[C@@H](c2c3ccccc3cc3ccccc23)[C@H]2CCCC=C12. The molecule has 0 unspecified atom stereocenters. The van der Waals surface area contributed by atoms with Gasteiger partial charge in [0.25, 0.3) is 0 Å². The summed E-state index contributed by atoms with van der Waals surface area (Å²) in [4.78, 5) is 0. The van der Waals surface area contributed by atoms with Gasteiger partial charge in [0.1, 0.15) is 6.07 Å². The summed E-state index contributed by atoms with van der Waals surface area (Å²) in [7, 11) is 0. The predicted molar refractivity (Wildman–Crippen MR) is 120 cm³/mol. The van der Waals surface area contributed by atoms with Crippen molar-refractivity contribution in [2.24, 2.45) is 17.1 Å². The lowest BCUT2D eigenvalue weighted by molar-refractivity contribution is 0.321. The van der Waals surface area contributed by atoms with Crippen molar-refractivity contribution in [2.45, 2.75) is 25.2 Å². The maximum atomic E-state index is 10.4. The Kier molecular flexibility index (Phi) is 4.28. The molecule has 0 radical (unpaired) electrons. The van der Waals surface area contributed by atoms with Gasteiger partial charge in [0.2, 0.25) is 0 Å². The quantitative estimate of drug-likeness (QED) is 0.539. The van der Waals surface area contributed by atoms with E-state index in [2.05, 4.69) is 54.6 Å². The molecule has 2 N–H and O–H groups in total. The first-order chi connectivity index (χ1) is 15.2. The zero-order valence-corrected chi connectivity index (χ0v) is 17.0. The average molecular weight is 400 g/mol. The zero-order chi connectivity index (χ0) is 21.6. The van der Waals surface area contributed by atoms with Gasteiger partial charge in [-0.05, 0) is 63.9 Å². The topological polar surface area (TPSA) is 97.4 Å². The highest BCUT2D eigenvalue weighted by molar-refractivity contribution is 6.03. The van der Waals surface area contributed by atoms with Crippen LogP contribution in [0.15, 0.2) is 77.5 Å². The molecule has 2 aliphatic carbocycles. The summed E-state index contributed by atoms with van der Waals surface area (Å²) < 4.78 is 0. The number of allylic oxidation sites excluding steroid dienone is 4. The molecule has 3 aromatic rings. The summed E-state index contributed by atoms with van der Waals surface area (Å²) in [6.07, 6.45) is 4.73. The van der Waals surface area contributed by atoms with E-state index in [1.807, 2.05) is 24.3 Å². The van der Waals surface area contributed by atoms with Gasteiger partial charge in [-0.2, -0.15) is 15.8 Å². The van der Waals surface area contributed by atoms with E-state index in [0.29, 0.717) is 5.57 Å². The van der Waals surface area contributed by atoms with Gasteiger partial charge in [0, 0.05) is 5.92 Å². The van der Waals surface area contributed by atoms with Gasteiger partial charge in [0.15, 0.2) is 5.41 Å². The van der Waals surface area contributed by atoms with Crippen molar-refractivity contribution in [1.82, 2.24) is 0 Å². The van der Waals surface area contributed by atoms with Gasteiger partial charge in [-0.3, -0.25) is 0 Å². The Bertz CT molecular complexity index is 1350. The van der Waals surface area contributed by atoms with Gasteiger partial charge in [-0.1, -0.05) is 54.6 Å². The van der Waals surface area contributed by atoms with E-state index in [9.17, 15) is 15.8 Å². The lowest BCUT2D eigenvalue weighted by atomic mass is 9.56. The molecule has 3 aromatic carbocycles. The van der Waals surface area contributed by atoms with Crippen molar-refractivity contribution in [1.29, 1.82) is 15.8 Å². The summed E-state index contributed by atoms with van der Waals surface area (Å²) in [5.74, 6) is -0.564. The van der Waals surface area contributed by atoms with Crippen LogP contribution < -0.4 is 5.73 Å². The highest BCUT2D eigenvalue weighted by atomic mass is 14.7. The van der Waals surface area contributed by atoms with Gasteiger partial charge < -0.3 is 5.73 Å². The molecule has 5 rings (SSSR count). The van der Waals surface area contributed by atoms with Crippen molar-refractivity contribution in [2.75, 3.05) is 0 Å². The highest BCUT2D eigenvalue weighted by Crippen LogP contribution is 2.57. The molecule has 0 spiro atoms. The van der Waals surface area contributed by atoms with Crippen LogP contribution in [0.3, 0.4) is 0 Å². The van der Waals surface area contributed by atoms with Crippen molar-refractivity contribution in [3.63, 3.8) is 0 Å². The van der Waals surface area contributed by atoms with Gasteiger partial charge in [-0.15, -0.1) is 0 Å². The second-order valence-electron chi connectivity index (χ2n) is 8.34. The molecule has 31 heavy (non-hydrogen) atoms. The smallest absolute Gasteiger partial charge is 0.191 e. The standard InChI is InChI=1S/C27H20N4/c28-14-23-21-11-5-6-12-22(21)25(27(15-29,16-30)26(23)31)24-19-9-3-1-7-17(19)13-18-8-2-4-10-20(18)24/h1-4,7-11,13,22,25H,5-6,12,31H2/t22-,25+/m0/s1. The van der Waals surface area contributed by atoms with Crippen molar-refractivity contribution >= 4 is 21.5 Å². The Balaban J connectivity index is 1.97. The van der Waals surface area contributed by atoms with Crippen LogP contribution in [0.5, 0.6) is 0 Å². The number of nitrogens with two attached hydrogens (primary N) is 1. The largest absolute Gasteiger partial charge is 0.399 e. The second kappa shape index (κ2) is 7.02. The minimum atomic E-state index is -1.60. The fourth-order valence-corrected chi connectivity index (χ4v) is 5.57. The molecule has 0 bridgehead atoms. The number of hydrogen-bond donors (Lipinski definition) is 1. The van der Waals surface area contributed by atoms with Gasteiger partial charge >= 0.3 is 0 Å². The summed E-state index contributed by atoms with van der Waals surface area (Å²) in [5.41, 5.74) is 7.17. The Morgan fingerprint density at radius 1 is 0.903 bits per heavy atom. The second-order valence-corrected chi connectivity index (χ2v) is 8.34. The number of benzene rings is 3. The first-order valence-corrected chi connectivity index (χ1v) is 10.5. The van der Waals surface area contributed by atoms with Crippen LogP contribution in [0.1, 0.15) is 30.7 Å². The van der Waals surface area contributed by atoms with Crippen LogP contribution in [-0.4, -0.2) is 0 Å². The Labute approximate surface area is 181 Å². The number of rotatable bonds is 1. The molecular weight excluding hydrogens is 380 g/mol. The third-order valence-electron chi connectivity index (χ3n) is 6.92. The third kappa shape index (κ3) is 2.51. The number of nitrogens with zero attached hydrogens (tertiary/aromatic N) is 3. The van der Waals surface area contributed by atoms with E-state index in [1.165, 1.54) is 0 Å². The van der Waals surface area contributed by atoms with Crippen LogP contribution in [-0.2, 0) is 0 Å². The summed E-state index contributed by atoms with van der Waals surface area (Å²) in [6.45, 7) is 0. The first-order valence-electron chi connectivity index (χ1n) is 10.5. The molecular formula is C27H20N4. The third-order valence-corrected chi connectivity index (χ3v) is 6.92. The molecule has 0 aliphatic heterocycles. The van der Waals surface area contributed by atoms with Gasteiger partial charge in [0.05, 0.1) is 23.4 Å². The van der Waals surface area contributed by atoms with Crippen LogP contribution >= 0.6 is 0 Å².